The molecule has 1 nitrogen and oxygen atoms in total. The molecule has 0 rings (SSSR count). The summed E-state index contributed by atoms with van der Waals surface area (Å²) in [5.74, 6) is 4.42. The molecule has 0 spiro atoms. The average Bonchev–Trinajstić information content (AvgIpc) is 1.69. The van der Waals surface area contributed by atoms with Crippen LogP contribution in [0.1, 0.15) is 8.35 Å². The van der Waals surface area contributed by atoms with E-state index in [1.54, 1.807) is 0 Å². The van der Waals surface area contributed by atoms with Gasteiger partial charge in [-0.1, -0.05) is 6.92 Å². The molecule has 0 saturated carbocycles. The maximum atomic E-state index is 2.21. The second-order valence-electron chi connectivity index (χ2n) is 1.97. The van der Waals surface area contributed by atoms with E-state index >= 15 is 0 Å². The number of nitrogens with zero attached hydrogens (tertiary/aromatic N) is 1. The van der Waals surface area contributed by atoms with E-state index in [1.807, 2.05) is 0 Å². The van der Waals surface area contributed by atoms with Crippen LogP contribution in [0.25, 0.3) is 0 Å². The number of rotatable bonds is 1. The van der Waals surface area contributed by atoms with Gasteiger partial charge in [-0.3, -0.25) is 0 Å². The monoisotopic (exact) mass is 131 g/mol. The van der Waals surface area contributed by atoms with Crippen LogP contribution in [-0.4, -0.2) is 40.8 Å². The molecule has 0 atom stereocenters. The second-order valence-corrected chi connectivity index (χ2v) is 3.13. The summed E-state index contributed by atoms with van der Waals surface area (Å²) in [7, 11) is 4.11. The molecule has 0 aromatic heterocycles. The Bertz CT molecular complexity index is 34.2. The molecule has 0 aliphatic carbocycles. The summed E-state index contributed by atoms with van der Waals surface area (Å²) >= 11 is 0.750. The van der Waals surface area contributed by atoms with Gasteiger partial charge in [-0.05, 0) is 20.6 Å². The van der Waals surface area contributed by atoms with Gasteiger partial charge < -0.3 is 6.33 Å². The first kappa shape index (κ1) is 11.3. The Morgan fingerprint density at radius 1 is 1.38 bits per heavy atom. The van der Waals surface area contributed by atoms with Gasteiger partial charge in [0.15, 0.2) is 0 Å². The molecule has 2 heteroatoms. The molecule has 0 bridgehead atoms. The fraction of sp³-hybridized carbons (Fsp3) is 1.00. The van der Waals surface area contributed by atoms with E-state index in [-0.39, 0.29) is 1.43 Å². The molecule has 0 amide bonds. The maximum absolute atomic E-state index is 2.21. The molecule has 0 saturated heterocycles. The first-order valence-electron chi connectivity index (χ1n) is 3.07. The summed E-state index contributed by atoms with van der Waals surface area (Å²) in [6, 6.07) is 0. The van der Waals surface area contributed by atoms with E-state index in [2.05, 4.69) is 37.5 Å². The Kier molecular flexibility index (Phi) is 14.8. The predicted molar refractivity (Wildman–Crippen MR) is 42.8 cm³/mol. The van der Waals surface area contributed by atoms with E-state index in [0.717, 1.165) is 21.8 Å². The smallest absolute Gasteiger partial charge is 1.00 e. The number of hydrogen-bond acceptors (Lipinski definition) is 1. The van der Waals surface area contributed by atoms with Gasteiger partial charge in [0.2, 0.25) is 0 Å². The third-order valence-corrected chi connectivity index (χ3v) is 0.632. The molecule has 0 heterocycles. The van der Waals surface area contributed by atoms with E-state index in [4.69, 9.17) is 0 Å². The fourth-order valence-corrected chi connectivity index (χ4v) is 0. The van der Waals surface area contributed by atoms with Crippen LogP contribution in [0.5, 0.6) is 0 Å². The maximum Gasteiger partial charge on any atom is -1.00 e. The van der Waals surface area contributed by atoms with Gasteiger partial charge in [-0.2, -0.15) is 0 Å². The topological polar surface area (TPSA) is 3.24 Å². The molecule has 0 unspecified atom stereocenters. The van der Waals surface area contributed by atoms with Crippen molar-refractivity contribution in [1.29, 1.82) is 0 Å². The first-order valence-corrected chi connectivity index (χ1v) is 5.38. The Balaban J connectivity index is -0.0000000800. The van der Waals surface area contributed by atoms with Crippen molar-refractivity contribution in [3.8, 4) is 0 Å². The molecule has 0 fully saturated rings. The van der Waals surface area contributed by atoms with Crippen LogP contribution in [0.3, 0.4) is 0 Å². The summed E-state index contributed by atoms with van der Waals surface area (Å²) in [4.78, 5) is 2.12. The van der Waals surface area contributed by atoms with Crippen molar-refractivity contribution in [2.45, 2.75) is 18.5 Å². The molecule has 0 aliphatic heterocycles. The van der Waals surface area contributed by atoms with Crippen LogP contribution in [-0.2, 0) is 0 Å². The van der Waals surface area contributed by atoms with E-state index in [9.17, 15) is 0 Å². The molecule has 0 aromatic carbocycles. The van der Waals surface area contributed by atoms with Crippen molar-refractivity contribution >= 4 is 15.2 Å². The zero-order valence-corrected chi connectivity index (χ0v) is 7.89. The molecule has 0 aliphatic rings. The first-order chi connectivity index (χ1) is 3.68. The van der Waals surface area contributed by atoms with Crippen molar-refractivity contribution < 1.29 is 1.43 Å². The quantitative estimate of drug-likeness (QED) is 0.487. The van der Waals surface area contributed by atoms with Crippen LogP contribution in [0.2, 0.25) is 11.6 Å². The third-order valence-electron chi connectivity index (χ3n) is 0.632. The average molecular weight is 131 g/mol. The van der Waals surface area contributed by atoms with Crippen molar-refractivity contribution in [2.24, 2.45) is 0 Å². The van der Waals surface area contributed by atoms with Gasteiger partial charge in [-0.15, -0.1) is 0 Å². The van der Waals surface area contributed by atoms with Crippen molar-refractivity contribution in [3.05, 3.63) is 0 Å². The largest absolute Gasteiger partial charge is 1.00 e. The minimum atomic E-state index is 0. The summed E-state index contributed by atoms with van der Waals surface area (Å²) in [6.07, 6.45) is 0. The minimum absolute atomic E-state index is 0. The zero-order valence-electron chi connectivity index (χ0n) is 7.73. The fourth-order valence-electron chi connectivity index (χ4n) is 0. The van der Waals surface area contributed by atoms with Crippen LogP contribution >= 0.6 is 0 Å². The Hall–Kier alpha value is 0.492. The van der Waals surface area contributed by atoms with Gasteiger partial charge >= 0.3 is 26.8 Å². The molecule has 0 radical (unpaired) electrons. The Morgan fingerprint density at radius 2 is 1.50 bits per heavy atom. The van der Waals surface area contributed by atoms with Crippen LogP contribution < -0.4 is 0 Å². The molecule has 8 heavy (non-hydrogen) atoms. The van der Waals surface area contributed by atoms with E-state index in [1.165, 1.54) is 0 Å². The second kappa shape index (κ2) is 10.5. The number of hydrogen-bond donors (Lipinski definition) is 0. The zero-order chi connectivity index (χ0) is 6.99. The SMILES string of the molecule is CCN(C)C.[CH3][Al+][CH3].[H-]. The summed E-state index contributed by atoms with van der Waals surface area (Å²) < 4.78 is 0. The van der Waals surface area contributed by atoms with E-state index in [0.29, 0.717) is 0 Å². The molecular formula is C6H18AlN. The van der Waals surface area contributed by atoms with Crippen LogP contribution in [0.15, 0.2) is 0 Å². The van der Waals surface area contributed by atoms with Gasteiger partial charge in [0.1, 0.15) is 0 Å². The standard InChI is InChI=1S/C4H11N.2CH3.Al.H/c1-4-5(2)3;;;;/h4H2,1-3H3;2*1H3;;/q;;;+1;-1. The normalized spacial score (nSPS) is 7.25. The molecule has 50 valence electrons. The van der Waals surface area contributed by atoms with Crippen molar-refractivity contribution in [3.63, 3.8) is 0 Å². The van der Waals surface area contributed by atoms with E-state index < -0.39 is 0 Å². The van der Waals surface area contributed by atoms with Gasteiger partial charge in [-0.25, -0.2) is 0 Å². The Labute approximate surface area is 61.3 Å². The molecule has 0 aromatic rings. The van der Waals surface area contributed by atoms with Crippen molar-refractivity contribution in [2.75, 3.05) is 20.6 Å². The summed E-state index contributed by atoms with van der Waals surface area (Å²) in [6.45, 7) is 3.26. The van der Waals surface area contributed by atoms with Gasteiger partial charge in [0.25, 0.3) is 0 Å². The van der Waals surface area contributed by atoms with Crippen molar-refractivity contribution in [1.82, 2.24) is 4.90 Å². The third kappa shape index (κ3) is 31.5. The molecule has 0 N–H and O–H groups in total. The summed E-state index contributed by atoms with van der Waals surface area (Å²) in [5, 5.41) is 0. The minimum Gasteiger partial charge on any atom is -1.00 e. The summed E-state index contributed by atoms with van der Waals surface area (Å²) in [5.41, 5.74) is 0. The van der Waals surface area contributed by atoms with Crippen LogP contribution in [0, 0.1) is 0 Å². The Morgan fingerprint density at radius 3 is 1.50 bits per heavy atom. The molecular weight excluding hydrogens is 113 g/mol. The van der Waals surface area contributed by atoms with Crippen LogP contribution in [0.4, 0.5) is 0 Å². The predicted octanol–water partition coefficient (Wildman–Crippen LogP) is 1.47. The van der Waals surface area contributed by atoms with Gasteiger partial charge in [0, 0.05) is 0 Å². The van der Waals surface area contributed by atoms with Gasteiger partial charge in [0.05, 0.1) is 0 Å².